The predicted octanol–water partition coefficient (Wildman–Crippen LogP) is 2.36. The van der Waals surface area contributed by atoms with Gasteiger partial charge in [-0.25, -0.2) is 4.98 Å². The van der Waals surface area contributed by atoms with E-state index in [1.165, 1.54) is 20.0 Å². The zero-order valence-corrected chi connectivity index (χ0v) is 13.0. The van der Waals surface area contributed by atoms with Gasteiger partial charge in [0.05, 0.1) is 7.11 Å². The Kier molecular flexibility index (Phi) is 5.48. The van der Waals surface area contributed by atoms with E-state index in [1.807, 2.05) is 13.1 Å². The molecule has 5 nitrogen and oxygen atoms in total. The van der Waals surface area contributed by atoms with Gasteiger partial charge < -0.3 is 9.72 Å². The second-order valence-electron chi connectivity index (χ2n) is 5.44. The highest BCUT2D eigenvalue weighted by Gasteiger charge is 2.38. The summed E-state index contributed by atoms with van der Waals surface area (Å²) in [5, 5.41) is 4.38. The largest absolute Gasteiger partial charge is 0.468 e. The lowest BCUT2D eigenvalue weighted by Crippen LogP contribution is -2.51. The van der Waals surface area contributed by atoms with Crippen LogP contribution >= 0.6 is 11.8 Å². The lowest BCUT2D eigenvalue weighted by Gasteiger charge is -2.28. The number of H-pyrrole nitrogens is 1. The lowest BCUT2D eigenvalue weighted by molar-refractivity contribution is -0.148. The molecular formula is C14H23N3O2S. The molecule has 0 bridgehead atoms. The molecule has 0 spiro atoms. The number of carbonyl (C=O) groups excluding carboxylic acids is 1. The molecule has 2 N–H and O–H groups in total. The first-order valence-corrected chi connectivity index (χ1v) is 8.11. The fraction of sp³-hybridized carbons (Fsp3) is 0.714. The summed E-state index contributed by atoms with van der Waals surface area (Å²) < 4.78 is 4.94. The molecule has 0 aliphatic heterocycles. The number of hydrogen-bond acceptors (Lipinski definition) is 5. The fourth-order valence-corrected chi connectivity index (χ4v) is 3.04. The molecule has 112 valence electrons. The van der Waals surface area contributed by atoms with Gasteiger partial charge in [-0.15, -0.1) is 0 Å². The number of hydrogen-bond donors (Lipinski definition) is 2. The number of aromatic nitrogens is 2. The number of esters is 1. The minimum Gasteiger partial charge on any atom is -0.468 e. The lowest BCUT2D eigenvalue weighted by atomic mass is 9.95. The van der Waals surface area contributed by atoms with Gasteiger partial charge in [0.1, 0.15) is 5.54 Å². The monoisotopic (exact) mass is 297 g/mol. The van der Waals surface area contributed by atoms with E-state index in [1.54, 1.807) is 18.0 Å². The third-order valence-corrected chi connectivity index (χ3v) is 4.51. The van der Waals surface area contributed by atoms with Crippen LogP contribution in [0.25, 0.3) is 0 Å². The van der Waals surface area contributed by atoms with Crippen LogP contribution in [0.5, 0.6) is 0 Å². The Morgan fingerprint density at radius 2 is 2.40 bits per heavy atom. The Morgan fingerprint density at radius 3 is 3.00 bits per heavy atom. The molecule has 0 saturated heterocycles. The minimum absolute atomic E-state index is 0.150. The summed E-state index contributed by atoms with van der Waals surface area (Å²) in [5.74, 6) is 0.858. The van der Waals surface area contributed by atoms with Gasteiger partial charge in [-0.05, 0) is 32.6 Å². The highest BCUT2D eigenvalue weighted by Crippen LogP contribution is 2.26. The fourth-order valence-electron chi connectivity index (χ4n) is 2.22. The van der Waals surface area contributed by atoms with Gasteiger partial charge in [-0.1, -0.05) is 18.2 Å². The van der Waals surface area contributed by atoms with E-state index < -0.39 is 5.54 Å². The normalized spacial score (nSPS) is 17.7. The van der Waals surface area contributed by atoms with E-state index >= 15 is 0 Å². The summed E-state index contributed by atoms with van der Waals surface area (Å²) in [6.07, 6.45) is 8.80. The summed E-state index contributed by atoms with van der Waals surface area (Å²) >= 11 is 1.71. The Bertz CT molecular complexity index is 420. The first-order valence-electron chi connectivity index (χ1n) is 7.12. The minimum atomic E-state index is -0.536. The quantitative estimate of drug-likeness (QED) is 0.416. The van der Waals surface area contributed by atoms with Crippen LogP contribution < -0.4 is 5.32 Å². The standard InChI is InChI=1S/C14H23N3O2S/c1-14(12(18)19-2,17-11-5-6-11)7-3-4-10-20-13-15-8-9-16-13/h8-9,11,17H,3-7,10H2,1-2H3,(H,15,16). The molecule has 0 amide bonds. The topological polar surface area (TPSA) is 67.0 Å². The van der Waals surface area contributed by atoms with E-state index in [9.17, 15) is 4.79 Å². The molecule has 0 aromatic carbocycles. The number of thioether (sulfide) groups is 1. The van der Waals surface area contributed by atoms with Crippen molar-refractivity contribution < 1.29 is 9.53 Å². The number of carbonyl (C=O) groups is 1. The van der Waals surface area contributed by atoms with Crippen LogP contribution in [0.4, 0.5) is 0 Å². The van der Waals surface area contributed by atoms with Crippen LogP contribution in [0, 0.1) is 0 Å². The summed E-state index contributed by atoms with van der Waals surface area (Å²) in [6.45, 7) is 1.96. The van der Waals surface area contributed by atoms with Crippen LogP contribution in [0.2, 0.25) is 0 Å². The second kappa shape index (κ2) is 7.13. The molecule has 1 fully saturated rings. The van der Waals surface area contributed by atoms with Gasteiger partial charge in [0, 0.05) is 24.2 Å². The maximum absolute atomic E-state index is 11.9. The van der Waals surface area contributed by atoms with Crippen molar-refractivity contribution in [1.82, 2.24) is 15.3 Å². The van der Waals surface area contributed by atoms with Gasteiger partial charge >= 0.3 is 5.97 Å². The zero-order chi connectivity index (χ0) is 14.4. The zero-order valence-electron chi connectivity index (χ0n) is 12.1. The molecule has 1 unspecified atom stereocenters. The van der Waals surface area contributed by atoms with Crippen LogP contribution in [-0.4, -0.2) is 40.4 Å². The number of rotatable bonds is 9. The molecule has 0 radical (unpaired) electrons. The molecule has 1 atom stereocenters. The summed E-state index contributed by atoms with van der Waals surface area (Å²) in [7, 11) is 1.46. The van der Waals surface area contributed by atoms with Crippen molar-refractivity contribution in [3.63, 3.8) is 0 Å². The molecule has 1 aliphatic carbocycles. The Morgan fingerprint density at radius 1 is 1.60 bits per heavy atom. The van der Waals surface area contributed by atoms with Crippen molar-refractivity contribution in [3.05, 3.63) is 12.4 Å². The van der Waals surface area contributed by atoms with E-state index in [4.69, 9.17) is 4.74 Å². The van der Waals surface area contributed by atoms with Gasteiger partial charge in [0.2, 0.25) is 0 Å². The van der Waals surface area contributed by atoms with E-state index in [-0.39, 0.29) is 5.97 Å². The van der Waals surface area contributed by atoms with Gasteiger partial charge in [0.15, 0.2) is 5.16 Å². The van der Waals surface area contributed by atoms with Crippen molar-refractivity contribution in [3.8, 4) is 0 Å². The van der Waals surface area contributed by atoms with Crippen molar-refractivity contribution in [1.29, 1.82) is 0 Å². The molecule has 2 rings (SSSR count). The second-order valence-corrected chi connectivity index (χ2v) is 6.53. The smallest absolute Gasteiger partial charge is 0.325 e. The average Bonchev–Trinajstić information content (AvgIpc) is 3.09. The van der Waals surface area contributed by atoms with Gasteiger partial charge in [-0.2, -0.15) is 0 Å². The van der Waals surface area contributed by atoms with E-state index in [0.717, 1.165) is 30.2 Å². The Hall–Kier alpha value is -1.01. The SMILES string of the molecule is COC(=O)C(C)(CCCCSc1ncc[nH]1)NC1CC1. The Labute approximate surface area is 124 Å². The molecule has 1 aliphatic rings. The molecule has 1 heterocycles. The highest BCUT2D eigenvalue weighted by atomic mass is 32.2. The van der Waals surface area contributed by atoms with Crippen molar-refractivity contribution in [2.45, 2.75) is 55.8 Å². The summed E-state index contributed by atoms with van der Waals surface area (Å²) in [5.41, 5.74) is -0.536. The number of imidazole rings is 1. The summed E-state index contributed by atoms with van der Waals surface area (Å²) in [6, 6.07) is 0.497. The number of ether oxygens (including phenoxy) is 1. The number of unbranched alkanes of at least 4 members (excludes halogenated alkanes) is 1. The molecule has 6 heteroatoms. The van der Waals surface area contributed by atoms with Crippen molar-refractivity contribution >= 4 is 17.7 Å². The average molecular weight is 297 g/mol. The third kappa shape index (κ3) is 4.52. The molecular weight excluding hydrogens is 274 g/mol. The highest BCUT2D eigenvalue weighted by molar-refractivity contribution is 7.99. The van der Waals surface area contributed by atoms with Gasteiger partial charge in [-0.3, -0.25) is 10.1 Å². The number of methoxy groups -OCH3 is 1. The maximum Gasteiger partial charge on any atom is 0.325 e. The number of nitrogens with one attached hydrogen (secondary N) is 2. The molecule has 1 aromatic heterocycles. The maximum atomic E-state index is 11.9. The molecule has 1 saturated carbocycles. The number of aromatic amines is 1. The third-order valence-electron chi connectivity index (χ3n) is 3.52. The van der Waals surface area contributed by atoms with Crippen LogP contribution in [0.3, 0.4) is 0 Å². The van der Waals surface area contributed by atoms with Crippen molar-refractivity contribution in [2.24, 2.45) is 0 Å². The van der Waals surface area contributed by atoms with E-state index in [0.29, 0.717) is 6.04 Å². The van der Waals surface area contributed by atoms with Crippen LogP contribution in [0.1, 0.15) is 39.0 Å². The molecule has 1 aromatic rings. The Balaban J connectivity index is 1.69. The molecule has 20 heavy (non-hydrogen) atoms. The van der Waals surface area contributed by atoms with Crippen LogP contribution in [-0.2, 0) is 9.53 Å². The predicted molar refractivity (Wildman–Crippen MR) is 79.7 cm³/mol. The van der Waals surface area contributed by atoms with Crippen LogP contribution in [0.15, 0.2) is 17.6 Å². The summed E-state index contributed by atoms with van der Waals surface area (Å²) in [4.78, 5) is 19.2. The van der Waals surface area contributed by atoms with Gasteiger partial charge in [0.25, 0.3) is 0 Å². The number of nitrogens with zero attached hydrogens (tertiary/aromatic N) is 1. The van der Waals surface area contributed by atoms with Crippen molar-refractivity contribution in [2.75, 3.05) is 12.9 Å². The van der Waals surface area contributed by atoms with E-state index in [2.05, 4.69) is 15.3 Å². The first-order chi connectivity index (χ1) is 9.64. The first kappa shape index (κ1) is 15.4.